The zero-order chi connectivity index (χ0) is 9.14. The highest BCUT2D eigenvalue weighted by atomic mass is 35.5. The van der Waals surface area contributed by atoms with Gasteiger partial charge in [-0.3, -0.25) is 0 Å². The van der Waals surface area contributed by atoms with Crippen molar-refractivity contribution >= 4 is 22.7 Å². The maximum atomic E-state index is 10.6. The summed E-state index contributed by atoms with van der Waals surface area (Å²) in [4.78, 5) is 0. The van der Waals surface area contributed by atoms with E-state index in [2.05, 4.69) is 0 Å². The lowest BCUT2D eigenvalue weighted by atomic mass is 10.2. The van der Waals surface area contributed by atoms with E-state index >= 15 is 0 Å². The van der Waals surface area contributed by atoms with Crippen LogP contribution in [0, 0.1) is 6.92 Å². The first kappa shape index (κ1) is 9.71. The van der Waals surface area contributed by atoms with Crippen LogP contribution in [0.4, 0.5) is 0 Å². The first-order valence-electron chi connectivity index (χ1n) is 3.41. The minimum atomic E-state index is -2.00. The molecule has 0 radical (unpaired) electrons. The molecule has 2 nitrogen and oxygen atoms in total. The largest absolute Gasteiger partial charge is 0.305 e. The van der Waals surface area contributed by atoms with E-state index in [1.807, 2.05) is 19.1 Å². The van der Waals surface area contributed by atoms with Gasteiger partial charge in [0.2, 0.25) is 0 Å². The monoisotopic (exact) mass is 204 g/mol. The molecular formula is C8H9ClO2S. The van der Waals surface area contributed by atoms with Crippen LogP contribution in [0.2, 0.25) is 0 Å². The minimum Gasteiger partial charge on any atom is -0.305 e. The van der Waals surface area contributed by atoms with Gasteiger partial charge in [0.25, 0.3) is 0 Å². The zero-order valence-electron chi connectivity index (χ0n) is 6.53. The van der Waals surface area contributed by atoms with Gasteiger partial charge in [-0.05, 0) is 12.5 Å². The quantitative estimate of drug-likeness (QED) is 0.594. The Morgan fingerprint density at radius 3 is 2.75 bits per heavy atom. The summed E-state index contributed by atoms with van der Waals surface area (Å²) in [6, 6.07) is 7.25. The summed E-state index contributed by atoms with van der Waals surface area (Å²) in [5, 5.41) is 0. The Hall–Kier alpha value is -0.380. The third kappa shape index (κ3) is 2.30. The van der Waals surface area contributed by atoms with Crippen molar-refractivity contribution in [1.82, 2.24) is 0 Å². The van der Waals surface area contributed by atoms with Crippen LogP contribution in [0.15, 0.2) is 24.3 Å². The third-order valence-electron chi connectivity index (χ3n) is 1.48. The van der Waals surface area contributed by atoms with E-state index in [-0.39, 0.29) is 0 Å². The Morgan fingerprint density at radius 1 is 1.58 bits per heavy atom. The van der Waals surface area contributed by atoms with Crippen LogP contribution in [0.1, 0.15) is 15.8 Å². The molecule has 0 spiro atoms. The average molecular weight is 205 g/mol. The Bertz CT molecular complexity index is 301. The average Bonchev–Trinajstić information content (AvgIpc) is 2.03. The van der Waals surface area contributed by atoms with E-state index in [0.29, 0.717) is 5.56 Å². The fourth-order valence-corrected chi connectivity index (χ4v) is 1.44. The fourth-order valence-electron chi connectivity index (χ4n) is 0.928. The van der Waals surface area contributed by atoms with Crippen molar-refractivity contribution in [1.29, 1.82) is 0 Å². The van der Waals surface area contributed by atoms with E-state index in [0.717, 1.165) is 5.56 Å². The van der Waals surface area contributed by atoms with E-state index in [9.17, 15) is 4.21 Å². The van der Waals surface area contributed by atoms with Crippen molar-refractivity contribution < 1.29 is 8.76 Å². The first-order valence-corrected chi connectivity index (χ1v) is 5.02. The lowest BCUT2D eigenvalue weighted by molar-refractivity contribution is 0.562. The normalized spacial score (nSPS) is 15.6. The summed E-state index contributed by atoms with van der Waals surface area (Å²) >= 11 is 3.66. The van der Waals surface area contributed by atoms with Crippen molar-refractivity contribution in [3.63, 3.8) is 0 Å². The standard InChI is InChI=1S/C8H9ClO2S/c1-6-3-2-4-7(5-6)8(9)12(10)11/h2-5,8H,1H3,(H,10,11). The van der Waals surface area contributed by atoms with Gasteiger partial charge >= 0.3 is 0 Å². The van der Waals surface area contributed by atoms with Gasteiger partial charge in [-0.1, -0.05) is 29.8 Å². The third-order valence-corrected chi connectivity index (χ3v) is 2.82. The molecule has 0 amide bonds. The molecule has 0 bridgehead atoms. The molecule has 2 unspecified atom stereocenters. The molecule has 12 heavy (non-hydrogen) atoms. The molecule has 1 rings (SSSR count). The molecule has 0 saturated carbocycles. The molecule has 0 aliphatic rings. The van der Waals surface area contributed by atoms with E-state index in [1.54, 1.807) is 12.1 Å². The highest BCUT2D eigenvalue weighted by molar-refractivity contribution is 7.80. The highest BCUT2D eigenvalue weighted by Crippen LogP contribution is 2.23. The van der Waals surface area contributed by atoms with Crippen molar-refractivity contribution in [2.24, 2.45) is 0 Å². The van der Waals surface area contributed by atoms with Crippen molar-refractivity contribution in [3.05, 3.63) is 35.4 Å². The van der Waals surface area contributed by atoms with E-state index in [4.69, 9.17) is 16.2 Å². The predicted octanol–water partition coefficient (Wildman–Crippen LogP) is 2.45. The second-order valence-corrected chi connectivity index (χ2v) is 4.23. The van der Waals surface area contributed by atoms with Crippen molar-refractivity contribution in [2.75, 3.05) is 0 Å². The molecule has 0 aromatic heterocycles. The molecule has 4 heteroatoms. The topological polar surface area (TPSA) is 37.3 Å². The summed E-state index contributed by atoms with van der Waals surface area (Å²) in [7, 11) is 0. The number of halogens is 1. The van der Waals surface area contributed by atoms with Gasteiger partial charge in [-0.25, -0.2) is 4.21 Å². The highest BCUT2D eigenvalue weighted by Gasteiger charge is 2.12. The zero-order valence-corrected chi connectivity index (χ0v) is 8.10. The second kappa shape index (κ2) is 4.03. The van der Waals surface area contributed by atoms with Crippen molar-refractivity contribution in [3.8, 4) is 0 Å². The SMILES string of the molecule is Cc1cccc(C(Cl)S(=O)O)c1. The molecule has 0 saturated heterocycles. The van der Waals surface area contributed by atoms with E-state index in [1.165, 1.54) is 0 Å². The van der Waals surface area contributed by atoms with Crippen LogP contribution in [-0.2, 0) is 11.1 Å². The summed E-state index contributed by atoms with van der Waals surface area (Å²) in [6.45, 7) is 1.91. The molecule has 1 aromatic rings. The van der Waals surface area contributed by atoms with Gasteiger partial charge in [0, 0.05) is 0 Å². The molecule has 1 aromatic carbocycles. The molecule has 66 valence electrons. The number of hydrogen-bond donors (Lipinski definition) is 1. The van der Waals surface area contributed by atoms with E-state index < -0.39 is 15.8 Å². The lowest BCUT2D eigenvalue weighted by Crippen LogP contribution is -1.97. The fraction of sp³-hybridized carbons (Fsp3) is 0.250. The van der Waals surface area contributed by atoms with Crippen LogP contribution in [0.25, 0.3) is 0 Å². The van der Waals surface area contributed by atoms with Gasteiger partial charge in [0.05, 0.1) is 0 Å². The van der Waals surface area contributed by atoms with Gasteiger partial charge in [0.1, 0.15) is 0 Å². The van der Waals surface area contributed by atoms with Crippen LogP contribution in [0.5, 0.6) is 0 Å². The number of alkyl halides is 1. The van der Waals surface area contributed by atoms with Crippen LogP contribution >= 0.6 is 11.6 Å². The van der Waals surface area contributed by atoms with Gasteiger partial charge < -0.3 is 4.55 Å². The summed E-state index contributed by atoms with van der Waals surface area (Å²) in [5.41, 5.74) is 1.71. The van der Waals surface area contributed by atoms with Gasteiger partial charge in [-0.15, -0.1) is 11.6 Å². The summed E-state index contributed by atoms with van der Waals surface area (Å²) in [6.07, 6.45) is 0. The lowest BCUT2D eigenvalue weighted by Gasteiger charge is -2.05. The van der Waals surface area contributed by atoms with Crippen LogP contribution < -0.4 is 0 Å². The van der Waals surface area contributed by atoms with Gasteiger partial charge in [0.15, 0.2) is 15.8 Å². The molecule has 1 N–H and O–H groups in total. The Balaban J connectivity index is 2.95. The van der Waals surface area contributed by atoms with Crippen LogP contribution in [-0.4, -0.2) is 8.76 Å². The Labute approximate surface area is 78.8 Å². The summed E-state index contributed by atoms with van der Waals surface area (Å²) in [5.74, 6) is 0. The smallest absolute Gasteiger partial charge is 0.176 e. The second-order valence-electron chi connectivity index (χ2n) is 2.51. The van der Waals surface area contributed by atoms with Crippen molar-refractivity contribution in [2.45, 2.75) is 11.6 Å². The molecule has 0 aliphatic carbocycles. The molecular weight excluding hydrogens is 196 g/mol. The number of hydrogen-bond acceptors (Lipinski definition) is 1. The summed E-state index contributed by atoms with van der Waals surface area (Å²) < 4.78 is 18.5. The number of rotatable bonds is 2. The van der Waals surface area contributed by atoms with Gasteiger partial charge in [-0.2, -0.15) is 0 Å². The number of benzene rings is 1. The molecule has 0 fully saturated rings. The maximum absolute atomic E-state index is 10.6. The first-order chi connectivity index (χ1) is 5.61. The Morgan fingerprint density at radius 2 is 2.25 bits per heavy atom. The van der Waals surface area contributed by atoms with Crippen LogP contribution in [0.3, 0.4) is 0 Å². The molecule has 0 heterocycles. The number of aryl methyl sites for hydroxylation is 1. The molecule has 2 atom stereocenters. The maximum Gasteiger partial charge on any atom is 0.176 e. The minimum absolute atomic E-state index is 0.678. The molecule has 0 aliphatic heterocycles. The Kier molecular flexibility index (Phi) is 3.26. The predicted molar refractivity (Wildman–Crippen MR) is 50.5 cm³/mol.